The fraction of sp³-hybridized carbons (Fsp3) is 0.588. The zero-order chi connectivity index (χ0) is 15.4. The van der Waals surface area contributed by atoms with Crippen molar-refractivity contribution in [1.29, 1.82) is 0 Å². The van der Waals surface area contributed by atoms with Gasteiger partial charge in [-0.15, -0.1) is 0 Å². The fourth-order valence-electron chi connectivity index (χ4n) is 2.16. The molecule has 1 aliphatic rings. The van der Waals surface area contributed by atoms with E-state index >= 15 is 0 Å². The molecule has 21 heavy (non-hydrogen) atoms. The van der Waals surface area contributed by atoms with Gasteiger partial charge in [0.05, 0.1) is 12.1 Å². The molecule has 0 saturated heterocycles. The highest BCUT2D eigenvalue weighted by Crippen LogP contribution is 2.19. The van der Waals surface area contributed by atoms with Crippen molar-refractivity contribution in [2.45, 2.75) is 57.7 Å². The first-order valence-electron chi connectivity index (χ1n) is 7.79. The molecule has 1 fully saturated rings. The molecular weight excluding hydrogens is 264 g/mol. The van der Waals surface area contributed by atoms with E-state index in [0.29, 0.717) is 18.5 Å². The number of aliphatic hydroxyl groups excluding tert-OH is 1. The van der Waals surface area contributed by atoms with Crippen LogP contribution in [-0.2, 0) is 4.79 Å². The SMILES string of the molecule is CC(NCC(O)c1ccc(C(C)C)cc1)C(=O)NC1CC1. The van der Waals surface area contributed by atoms with Crippen molar-refractivity contribution in [2.75, 3.05) is 6.54 Å². The Balaban J connectivity index is 1.80. The first-order chi connectivity index (χ1) is 9.97. The second-order valence-corrected chi connectivity index (χ2v) is 6.25. The average molecular weight is 290 g/mol. The molecule has 1 amide bonds. The normalized spacial score (nSPS) is 17.6. The van der Waals surface area contributed by atoms with E-state index in [9.17, 15) is 9.90 Å². The molecule has 0 aliphatic heterocycles. The molecule has 0 aromatic heterocycles. The number of benzene rings is 1. The van der Waals surface area contributed by atoms with Gasteiger partial charge in [0.1, 0.15) is 0 Å². The molecule has 0 bridgehead atoms. The van der Waals surface area contributed by atoms with E-state index in [2.05, 4.69) is 24.5 Å². The fourth-order valence-corrected chi connectivity index (χ4v) is 2.16. The molecule has 0 spiro atoms. The highest BCUT2D eigenvalue weighted by molar-refractivity contribution is 5.81. The summed E-state index contributed by atoms with van der Waals surface area (Å²) < 4.78 is 0. The van der Waals surface area contributed by atoms with Crippen molar-refractivity contribution >= 4 is 5.91 Å². The third kappa shape index (κ3) is 4.83. The third-order valence-electron chi connectivity index (χ3n) is 3.92. The topological polar surface area (TPSA) is 61.4 Å². The van der Waals surface area contributed by atoms with E-state index in [1.54, 1.807) is 0 Å². The van der Waals surface area contributed by atoms with Gasteiger partial charge in [0.25, 0.3) is 0 Å². The predicted octanol–water partition coefficient (Wildman–Crippen LogP) is 2.10. The Morgan fingerprint density at radius 2 is 1.76 bits per heavy atom. The maximum Gasteiger partial charge on any atom is 0.237 e. The quantitative estimate of drug-likeness (QED) is 0.720. The molecule has 0 radical (unpaired) electrons. The molecule has 2 rings (SSSR count). The van der Waals surface area contributed by atoms with Gasteiger partial charge < -0.3 is 15.7 Å². The van der Waals surface area contributed by atoms with Crippen LogP contribution in [0.2, 0.25) is 0 Å². The van der Waals surface area contributed by atoms with Crippen LogP contribution in [0.4, 0.5) is 0 Å². The number of hydrogen-bond donors (Lipinski definition) is 3. The molecule has 1 saturated carbocycles. The molecule has 2 atom stereocenters. The third-order valence-corrected chi connectivity index (χ3v) is 3.92. The smallest absolute Gasteiger partial charge is 0.237 e. The van der Waals surface area contributed by atoms with Crippen LogP contribution in [0.1, 0.15) is 56.8 Å². The van der Waals surface area contributed by atoms with Crippen LogP contribution in [-0.4, -0.2) is 29.6 Å². The van der Waals surface area contributed by atoms with Crippen LogP contribution >= 0.6 is 0 Å². The van der Waals surface area contributed by atoms with E-state index in [0.717, 1.165) is 18.4 Å². The first kappa shape index (κ1) is 16.0. The largest absolute Gasteiger partial charge is 0.387 e. The van der Waals surface area contributed by atoms with Crippen molar-refractivity contribution in [3.05, 3.63) is 35.4 Å². The Morgan fingerprint density at radius 1 is 1.19 bits per heavy atom. The van der Waals surface area contributed by atoms with Gasteiger partial charge in [0.2, 0.25) is 5.91 Å². The Kier molecular flexibility index (Phi) is 5.37. The predicted molar refractivity (Wildman–Crippen MR) is 84.1 cm³/mol. The minimum atomic E-state index is -0.595. The molecule has 2 unspecified atom stereocenters. The molecule has 116 valence electrons. The summed E-state index contributed by atoms with van der Waals surface area (Å²) in [5, 5.41) is 16.2. The number of aliphatic hydroxyl groups is 1. The average Bonchev–Trinajstić information content (AvgIpc) is 3.28. The Morgan fingerprint density at radius 3 is 2.29 bits per heavy atom. The number of carbonyl (C=O) groups is 1. The lowest BCUT2D eigenvalue weighted by Crippen LogP contribution is -2.44. The summed E-state index contributed by atoms with van der Waals surface area (Å²) in [6.07, 6.45) is 1.58. The van der Waals surface area contributed by atoms with Gasteiger partial charge in [0.15, 0.2) is 0 Å². The lowest BCUT2D eigenvalue weighted by Gasteiger charge is -2.17. The summed E-state index contributed by atoms with van der Waals surface area (Å²) in [6, 6.07) is 8.09. The molecule has 4 nitrogen and oxygen atoms in total. The highest BCUT2D eigenvalue weighted by atomic mass is 16.3. The minimum Gasteiger partial charge on any atom is -0.387 e. The lowest BCUT2D eigenvalue weighted by atomic mass is 10.00. The monoisotopic (exact) mass is 290 g/mol. The summed E-state index contributed by atoms with van der Waals surface area (Å²) in [4.78, 5) is 11.8. The van der Waals surface area contributed by atoms with Crippen LogP contribution in [0, 0.1) is 0 Å². The van der Waals surface area contributed by atoms with Crippen LogP contribution in [0.15, 0.2) is 24.3 Å². The Bertz CT molecular complexity index is 466. The number of carbonyl (C=O) groups excluding carboxylic acids is 1. The van der Waals surface area contributed by atoms with Gasteiger partial charge in [-0.1, -0.05) is 38.1 Å². The molecule has 4 heteroatoms. The molecule has 1 aromatic carbocycles. The van der Waals surface area contributed by atoms with E-state index in [1.165, 1.54) is 5.56 Å². The van der Waals surface area contributed by atoms with Crippen LogP contribution in [0.3, 0.4) is 0 Å². The molecular formula is C17H26N2O2. The summed E-state index contributed by atoms with van der Waals surface area (Å²) in [7, 11) is 0. The number of hydrogen-bond acceptors (Lipinski definition) is 3. The number of nitrogens with one attached hydrogen (secondary N) is 2. The summed E-state index contributed by atoms with van der Waals surface area (Å²) in [5.74, 6) is 0.500. The molecule has 1 aliphatic carbocycles. The summed E-state index contributed by atoms with van der Waals surface area (Å²) >= 11 is 0. The van der Waals surface area contributed by atoms with Crippen LogP contribution in [0.5, 0.6) is 0 Å². The lowest BCUT2D eigenvalue weighted by molar-refractivity contribution is -0.123. The van der Waals surface area contributed by atoms with E-state index in [-0.39, 0.29) is 11.9 Å². The maximum atomic E-state index is 11.8. The standard InChI is InChI=1S/C17H26N2O2/c1-11(2)13-4-6-14(7-5-13)16(20)10-18-12(3)17(21)19-15-8-9-15/h4-7,11-12,15-16,18,20H,8-10H2,1-3H3,(H,19,21). The maximum absolute atomic E-state index is 11.8. The molecule has 0 heterocycles. The number of amides is 1. The van der Waals surface area contributed by atoms with Gasteiger partial charge >= 0.3 is 0 Å². The van der Waals surface area contributed by atoms with Crippen LogP contribution < -0.4 is 10.6 Å². The molecule has 1 aromatic rings. The van der Waals surface area contributed by atoms with Gasteiger partial charge in [0, 0.05) is 12.6 Å². The minimum absolute atomic E-state index is 0.0138. The number of rotatable bonds is 7. The van der Waals surface area contributed by atoms with E-state index in [1.807, 2.05) is 31.2 Å². The van der Waals surface area contributed by atoms with Gasteiger partial charge in [-0.3, -0.25) is 4.79 Å². The molecule has 3 N–H and O–H groups in total. The Labute approximate surface area is 126 Å². The van der Waals surface area contributed by atoms with Crippen molar-refractivity contribution in [3.8, 4) is 0 Å². The van der Waals surface area contributed by atoms with Crippen molar-refractivity contribution < 1.29 is 9.90 Å². The van der Waals surface area contributed by atoms with Crippen LogP contribution in [0.25, 0.3) is 0 Å². The van der Waals surface area contributed by atoms with Crippen molar-refractivity contribution in [1.82, 2.24) is 10.6 Å². The van der Waals surface area contributed by atoms with E-state index in [4.69, 9.17) is 0 Å². The van der Waals surface area contributed by atoms with Gasteiger partial charge in [-0.25, -0.2) is 0 Å². The van der Waals surface area contributed by atoms with Crippen molar-refractivity contribution in [3.63, 3.8) is 0 Å². The van der Waals surface area contributed by atoms with Crippen molar-refractivity contribution in [2.24, 2.45) is 0 Å². The summed E-state index contributed by atoms with van der Waals surface area (Å²) in [6.45, 7) is 6.49. The highest BCUT2D eigenvalue weighted by Gasteiger charge is 2.25. The second kappa shape index (κ2) is 7.05. The first-order valence-corrected chi connectivity index (χ1v) is 7.79. The van der Waals surface area contributed by atoms with Gasteiger partial charge in [-0.2, -0.15) is 0 Å². The van der Waals surface area contributed by atoms with Gasteiger partial charge in [-0.05, 0) is 36.8 Å². The second-order valence-electron chi connectivity index (χ2n) is 6.25. The Hall–Kier alpha value is -1.39. The zero-order valence-corrected chi connectivity index (χ0v) is 13.1. The zero-order valence-electron chi connectivity index (χ0n) is 13.1. The van der Waals surface area contributed by atoms with E-state index < -0.39 is 6.10 Å². The summed E-state index contributed by atoms with van der Waals surface area (Å²) in [5.41, 5.74) is 2.14.